The third-order valence-electron chi connectivity index (χ3n) is 3.29. The molecule has 1 aliphatic rings. The van der Waals surface area contributed by atoms with Gasteiger partial charge in [-0.05, 0) is 24.6 Å². The first-order valence-electron chi connectivity index (χ1n) is 6.83. The second-order valence-electron chi connectivity index (χ2n) is 5.09. The lowest BCUT2D eigenvalue weighted by atomic mass is 10.1. The Kier molecular flexibility index (Phi) is 11.5. The number of hydrogen-bond acceptors (Lipinski definition) is 5. The molecule has 0 unspecified atom stereocenters. The third kappa shape index (κ3) is 6.94. The Hall–Kier alpha value is -0.860. The highest BCUT2D eigenvalue weighted by atomic mass is 35.5. The Balaban J connectivity index is 0. The number of ether oxygens (including phenoxy) is 1. The Morgan fingerprint density at radius 2 is 1.96 bits per heavy atom. The third-order valence-corrected chi connectivity index (χ3v) is 3.29. The summed E-state index contributed by atoms with van der Waals surface area (Å²) in [7, 11) is 0. The quantitative estimate of drug-likeness (QED) is 0.633. The van der Waals surface area contributed by atoms with Crippen LogP contribution in [0.1, 0.15) is 18.9 Å². The Bertz CT molecular complexity index is 547. The summed E-state index contributed by atoms with van der Waals surface area (Å²) in [6, 6.07) is 5.52. The van der Waals surface area contributed by atoms with Crippen LogP contribution < -0.4 is 21.5 Å². The molecule has 0 bridgehead atoms. The van der Waals surface area contributed by atoms with E-state index in [1.54, 1.807) is 0 Å². The highest BCUT2D eigenvalue weighted by Gasteiger charge is 2.25. The number of benzene rings is 1. The van der Waals surface area contributed by atoms with E-state index in [0.29, 0.717) is 23.8 Å². The molecule has 5 N–H and O–H groups in total. The van der Waals surface area contributed by atoms with Gasteiger partial charge in [0.25, 0.3) is 5.92 Å². The fourth-order valence-corrected chi connectivity index (χ4v) is 1.95. The number of rotatable bonds is 6. The van der Waals surface area contributed by atoms with Gasteiger partial charge in [-0.2, -0.15) is 0 Å². The van der Waals surface area contributed by atoms with Crippen LogP contribution in [0.2, 0.25) is 0 Å². The molecule has 5 nitrogen and oxygen atoms in total. The monoisotopic (exact) mass is 406 g/mol. The van der Waals surface area contributed by atoms with E-state index < -0.39 is 12.5 Å². The summed E-state index contributed by atoms with van der Waals surface area (Å²) in [5, 5.41) is 2.96. The summed E-state index contributed by atoms with van der Waals surface area (Å²) in [6.45, 7) is 1.87. The molecule has 140 valence electrons. The number of amidine groups is 1. The van der Waals surface area contributed by atoms with Crippen molar-refractivity contribution in [1.82, 2.24) is 5.32 Å². The number of nitrogens with zero attached hydrogens (tertiary/aromatic N) is 1. The number of fused-ring (bicyclic) bond motifs is 1. The molecule has 0 fully saturated rings. The van der Waals surface area contributed by atoms with Crippen molar-refractivity contribution in [3.8, 4) is 5.75 Å². The minimum atomic E-state index is -2.81. The minimum absolute atomic E-state index is 0. The summed E-state index contributed by atoms with van der Waals surface area (Å²) in [5.74, 6) is -1.71. The molecule has 0 aliphatic carbocycles. The van der Waals surface area contributed by atoms with E-state index in [0.717, 1.165) is 5.56 Å². The molecule has 1 atom stereocenters. The maximum absolute atomic E-state index is 13.0. The fraction of sp³-hybridized carbons (Fsp3) is 0.500. The maximum atomic E-state index is 13.0. The Morgan fingerprint density at radius 3 is 2.58 bits per heavy atom. The normalized spacial score (nSPS) is 15.7. The zero-order chi connectivity index (χ0) is 15.5. The molecule has 24 heavy (non-hydrogen) atoms. The highest BCUT2D eigenvalue weighted by Crippen LogP contribution is 2.32. The number of nitrogens with two attached hydrogens (primary N) is 2. The van der Waals surface area contributed by atoms with E-state index in [1.807, 2.05) is 25.1 Å². The Labute approximate surface area is 158 Å². The van der Waals surface area contributed by atoms with Crippen molar-refractivity contribution in [3.63, 3.8) is 0 Å². The number of halogens is 5. The molecule has 10 heteroatoms. The largest absolute Gasteiger partial charge is 0.481 e. The molecular weight excluding hydrogens is 385 g/mol. The second kappa shape index (κ2) is 10.9. The average molecular weight is 408 g/mol. The van der Waals surface area contributed by atoms with Gasteiger partial charge in [-0.25, -0.2) is 13.8 Å². The first-order chi connectivity index (χ1) is 9.91. The van der Waals surface area contributed by atoms with Crippen LogP contribution in [-0.2, 0) is 6.54 Å². The first kappa shape index (κ1) is 25.4. The molecule has 1 aliphatic heterocycles. The van der Waals surface area contributed by atoms with Crippen LogP contribution in [0.3, 0.4) is 0 Å². The van der Waals surface area contributed by atoms with Crippen molar-refractivity contribution in [2.24, 2.45) is 16.5 Å². The maximum Gasteiger partial charge on any atom is 0.261 e. The van der Waals surface area contributed by atoms with Crippen molar-refractivity contribution in [3.05, 3.63) is 23.8 Å². The standard InChI is InChI=1S/C14H20F2N4O.3ClH/c1-9-13(18)20-11-6-10(2-3-12(11)21-9)7-19-5-4-14(15,16)8-17;;;/h2-3,6,9,19H,4-5,7-8,17H2,1H3,(H2,18,20);3*1H/t9-;;;/m1.../s1. The van der Waals surface area contributed by atoms with Crippen LogP contribution in [0.5, 0.6) is 5.75 Å². The lowest BCUT2D eigenvalue weighted by molar-refractivity contribution is 0.00257. The molecule has 0 aromatic heterocycles. The van der Waals surface area contributed by atoms with Crippen LogP contribution in [-0.4, -0.2) is 31.0 Å². The molecule has 1 heterocycles. The van der Waals surface area contributed by atoms with Crippen LogP contribution in [0, 0.1) is 0 Å². The van der Waals surface area contributed by atoms with Crippen LogP contribution >= 0.6 is 37.2 Å². The average Bonchev–Trinajstić information content (AvgIpc) is 2.45. The van der Waals surface area contributed by atoms with Gasteiger partial charge in [0.1, 0.15) is 17.3 Å². The van der Waals surface area contributed by atoms with Gasteiger partial charge in [-0.15, -0.1) is 37.2 Å². The topological polar surface area (TPSA) is 85.7 Å². The van der Waals surface area contributed by atoms with Crippen molar-refractivity contribution < 1.29 is 13.5 Å². The molecule has 1 aromatic carbocycles. The number of hydrogen-bond donors (Lipinski definition) is 3. The molecule has 0 spiro atoms. The SMILES string of the molecule is C[C@H]1Oc2ccc(CNCCC(F)(F)CN)cc2N=C1N.Cl.Cl.Cl. The molecule has 1 aromatic rings. The van der Waals surface area contributed by atoms with Gasteiger partial charge in [0, 0.05) is 19.5 Å². The number of alkyl halides is 2. The van der Waals surface area contributed by atoms with E-state index in [2.05, 4.69) is 10.3 Å². The van der Waals surface area contributed by atoms with Gasteiger partial charge < -0.3 is 21.5 Å². The van der Waals surface area contributed by atoms with Crippen LogP contribution in [0.25, 0.3) is 0 Å². The van der Waals surface area contributed by atoms with Gasteiger partial charge in [-0.1, -0.05) is 6.07 Å². The smallest absolute Gasteiger partial charge is 0.261 e. The summed E-state index contributed by atoms with van der Waals surface area (Å²) in [5.41, 5.74) is 12.3. The molecule has 0 saturated heterocycles. The second-order valence-corrected chi connectivity index (χ2v) is 5.09. The van der Waals surface area contributed by atoms with E-state index in [9.17, 15) is 8.78 Å². The van der Waals surface area contributed by atoms with Gasteiger partial charge in [0.05, 0.1) is 6.54 Å². The van der Waals surface area contributed by atoms with E-state index >= 15 is 0 Å². The van der Waals surface area contributed by atoms with Crippen LogP contribution in [0.15, 0.2) is 23.2 Å². The molecule has 0 radical (unpaired) electrons. The van der Waals surface area contributed by atoms with Gasteiger partial charge in [0.2, 0.25) is 0 Å². The van der Waals surface area contributed by atoms with Crippen molar-refractivity contribution in [2.45, 2.75) is 31.9 Å². The van der Waals surface area contributed by atoms with E-state index in [-0.39, 0.29) is 56.3 Å². The summed E-state index contributed by atoms with van der Waals surface area (Å²) in [4.78, 5) is 4.27. The summed E-state index contributed by atoms with van der Waals surface area (Å²) < 4.78 is 31.5. The highest BCUT2D eigenvalue weighted by molar-refractivity contribution is 5.89. The molecule has 2 rings (SSSR count). The van der Waals surface area contributed by atoms with E-state index in [1.165, 1.54) is 0 Å². The number of aliphatic imine (C=N–C) groups is 1. The predicted octanol–water partition coefficient (Wildman–Crippen LogP) is 2.80. The van der Waals surface area contributed by atoms with Gasteiger partial charge >= 0.3 is 0 Å². The minimum Gasteiger partial charge on any atom is -0.481 e. The summed E-state index contributed by atoms with van der Waals surface area (Å²) in [6.07, 6.45) is -0.514. The van der Waals surface area contributed by atoms with Crippen molar-refractivity contribution >= 4 is 48.7 Å². The van der Waals surface area contributed by atoms with Crippen molar-refractivity contribution in [2.75, 3.05) is 13.1 Å². The predicted molar refractivity (Wildman–Crippen MR) is 99.9 cm³/mol. The zero-order valence-corrected chi connectivity index (χ0v) is 15.6. The number of nitrogens with one attached hydrogen (secondary N) is 1. The lowest BCUT2D eigenvalue weighted by Crippen LogP contribution is -2.33. The fourth-order valence-electron chi connectivity index (χ4n) is 1.95. The summed E-state index contributed by atoms with van der Waals surface area (Å²) >= 11 is 0. The lowest BCUT2D eigenvalue weighted by Gasteiger charge is -2.21. The Morgan fingerprint density at radius 1 is 1.29 bits per heavy atom. The first-order valence-corrected chi connectivity index (χ1v) is 6.83. The molecular formula is C14H23Cl3F2N4O. The van der Waals surface area contributed by atoms with Gasteiger partial charge in [-0.3, -0.25) is 0 Å². The van der Waals surface area contributed by atoms with E-state index in [4.69, 9.17) is 16.2 Å². The van der Waals surface area contributed by atoms with Crippen LogP contribution in [0.4, 0.5) is 14.5 Å². The molecule has 0 saturated carbocycles. The molecule has 0 amide bonds. The van der Waals surface area contributed by atoms with Crippen molar-refractivity contribution in [1.29, 1.82) is 0 Å². The zero-order valence-electron chi connectivity index (χ0n) is 13.1. The van der Waals surface area contributed by atoms with Gasteiger partial charge in [0.15, 0.2) is 6.10 Å².